The third-order valence-corrected chi connectivity index (χ3v) is 11.1. The predicted molar refractivity (Wildman–Crippen MR) is 214 cm³/mol. The number of benzene rings is 6. The fraction of sp³-hybridized carbons (Fsp3) is 0.0426. The van der Waals surface area contributed by atoms with Gasteiger partial charge in [-0.05, 0) is 67.4 Å². The van der Waals surface area contributed by atoms with E-state index in [-0.39, 0.29) is 0 Å². The molecule has 5 aromatic heterocycles. The summed E-state index contributed by atoms with van der Waals surface area (Å²) in [6.45, 7) is 0. The number of allylic oxidation sites excluding steroid dienone is 1. The molecule has 1 aliphatic rings. The Hall–Kier alpha value is -6.85. The van der Waals surface area contributed by atoms with Gasteiger partial charge in [-0.2, -0.15) is 0 Å². The maximum Gasteiger partial charge on any atom is 0.183 e. The summed E-state index contributed by atoms with van der Waals surface area (Å²) < 4.78 is 13.8. The number of hydrogen-bond acceptors (Lipinski definition) is 2. The van der Waals surface area contributed by atoms with Crippen molar-refractivity contribution in [1.29, 1.82) is 0 Å². The number of nitrogens with zero attached hydrogens (tertiary/aromatic N) is 4. The van der Waals surface area contributed by atoms with E-state index in [9.17, 15) is 0 Å². The number of furan rings is 1. The summed E-state index contributed by atoms with van der Waals surface area (Å²) in [4.78, 5) is 5.57. The van der Waals surface area contributed by atoms with Crippen LogP contribution in [0.3, 0.4) is 0 Å². The van der Waals surface area contributed by atoms with Crippen LogP contribution in [0.5, 0.6) is 0 Å². The Morgan fingerprint density at radius 2 is 1.06 bits per heavy atom. The average Bonchev–Trinajstić information content (AvgIpc) is 3.94. The Kier molecular flexibility index (Phi) is 5.55. The molecular formula is C47H30N4O. The fourth-order valence-electron chi connectivity index (χ4n) is 8.93. The zero-order valence-electron chi connectivity index (χ0n) is 28.1. The number of pyridine rings is 1. The number of rotatable bonds is 3. The summed E-state index contributed by atoms with van der Waals surface area (Å²) >= 11 is 0. The molecule has 5 heteroatoms. The van der Waals surface area contributed by atoms with Crippen LogP contribution in [0.2, 0.25) is 0 Å². The summed E-state index contributed by atoms with van der Waals surface area (Å²) in [6, 6.07) is 52.1. The molecule has 0 bridgehead atoms. The third-order valence-electron chi connectivity index (χ3n) is 11.1. The van der Waals surface area contributed by atoms with Gasteiger partial charge in [0, 0.05) is 54.6 Å². The van der Waals surface area contributed by atoms with Crippen molar-refractivity contribution in [3.8, 4) is 17.3 Å². The number of aromatic nitrogens is 4. The van der Waals surface area contributed by atoms with Gasteiger partial charge in [0.2, 0.25) is 0 Å². The molecule has 11 aromatic rings. The first-order chi connectivity index (χ1) is 25.8. The van der Waals surface area contributed by atoms with Crippen LogP contribution in [0.4, 0.5) is 0 Å². The molecule has 52 heavy (non-hydrogen) atoms. The van der Waals surface area contributed by atoms with Crippen molar-refractivity contribution >= 4 is 82.5 Å². The van der Waals surface area contributed by atoms with Crippen molar-refractivity contribution in [1.82, 2.24) is 18.7 Å². The van der Waals surface area contributed by atoms with Gasteiger partial charge in [-0.25, -0.2) is 4.98 Å². The van der Waals surface area contributed by atoms with Gasteiger partial charge >= 0.3 is 0 Å². The molecule has 0 radical (unpaired) electrons. The van der Waals surface area contributed by atoms with Crippen molar-refractivity contribution in [2.75, 3.05) is 0 Å². The van der Waals surface area contributed by atoms with Crippen molar-refractivity contribution in [3.63, 3.8) is 0 Å². The van der Waals surface area contributed by atoms with Gasteiger partial charge in [0.1, 0.15) is 11.4 Å². The van der Waals surface area contributed by atoms with Crippen LogP contribution in [0.25, 0.3) is 99.9 Å². The molecule has 0 saturated carbocycles. The summed E-state index contributed by atoms with van der Waals surface area (Å²) in [5.74, 6) is 1.63. The van der Waals surface area contributed by atoms with E-state index in [0.29, 0.717) is 0 Å². The van der Waals surface area contributed by atoms with E-state index in [4.69, 9.17) is 9.40 Å². The first-order valence-electron chi connectivity index (χ1n) is 18.0. The monoisotopic (exact) mass is 666 g/mol. The topological polar surface area (TPSA) is 40.8 Å². The lowest BCUT2D eigenvalue weighted by Gasteiger charge is -2.14. The molecule has 0 amide bonds. The van der Waals surface area contributed by atoms with Gasteiger partial charge in [-0.1, -0.05) is 103 Å². The molecule has 0 fully saturated rings. The second kappa shape index (κ2) is 10.3. The van der Waals surface area contributed by atoms with Gasteiger partial charge in [-0.3, -0.25) is 9.13 Å². The van der Waals surface area contributed by atoms with E-state index in [1.54, 1.807) is 0 Å². The molecule has 5 heterocycles. The Bertz CT molecular complexity index is 3260. The van der Waals surface area contributed by atoms with E-state index < -0.39 is 0 Å². The van der Waals surface area contributed by atoms with E-state index in [2.05, 4.69) is 165 Å². The van der Waals surface area contributed by atoms with Crippen molar-refractivity contribution < 1.29 is 4.42 Å². The molecule has 5 nitrogen and oxygen atoms in total. The Balaban J connectivity index is 1.19. The predicted octanol–water partition coefficient (Wildman–Crippen LogP) is 12.1. The highest BCUT2D eigenvalue weighted by Gasteiger charge is 2.24. The van der Waals surface area contributed by atoms with E-state index in [0.717, 1.165) is 68.5 Å². The molecule has 0 spiro atoms. The minimum absolute atomic E-state index is 0.773. The highest BCUT2D eigenvalue weighted by molar-refractivity contribution is 6.14. The lowest BCUT2D eigenvalue weighted by molar-refractivity contribution is 0.663. The minimum Gasteiger partial charge on any atom is -0.452 e. The van der Waals surface area contributed by atoms with E-state index in [1.165, 1.54) is 49.4 Å². The summed E-state index contributed by atoms with van der Waals surface area (Å²) in [5, 5.41) is 8.19. The maximum atomic E-state index is 6.74. The minimum atomic E-state index is 0.773. The van der Waals surface area contributed by atoms with Crippen LogP contribution in [0.15, 0.2) is 156 Å². The zero-order chi connectivity index (χ0) is 33.9. The molecule has 0 aliphatic heterocycles. The molecule has 0 unspecified atom stereocenters. The summed E-state index contributed by atoms with van der Waals surface area (Å²) in [5.41, 5.74) is 11.2. The fourth-order valence-corrected chi connectivity index (χ4v) is 8.93. The summed E-state index contributed by atoms with van der Waals surface area (Å²) in [7, 11) is 0. The molecule has 244 valence electrons. The highest BCUT2D eigenvalue weighted by Crippen LogP contribution is 2.41. The first kappa shape index (κ1) is 27.9. The normalized spacial score (nSPS) is 13.2. The van der Waals surface area contributed by atoms with Crippen molar-refractivity contribution in [2.24, 2.45) is 0 Å². The second-order valence-corrected chi connectivity index (χ2v) is 13.9. The van der Waals surface area contributed by atoms with Crippen LogP contribution in [0, 0.1) is 0 Å². The second-order valence-electron chi connectivity index (χ2n) is 13.9. The van der Waals surface area contributed by atoms with Gasteiger partial charge in [-0.15, -0.1) is 0 Å². The molecular weight excluding hydrogens is 637 g/mol. The van der Waals surface area contributed by atoms with Crippen LogP contribution in [-0.2, 0) is 6.42 Å². The highest BCUT2D eigenvalue weighted by atomic mass is 16.3. The van der Waals surface area contributed by atoms with Crippen LogP contribution in [0.1, 0.15) is 17.7 Å². The van der Waals surface area contributed by atoms with Crippen molar-refractivity contribution in [2.45, 2.75) is 12.8 Å². The zero-order valence-corrected chi connectivity index (χ0v) is 28.1. The van der Waals surface area contributed by atoms with Gasteiger partial charge in [0.25, 0.3) is 0 Å². The Morgan fingerprint density at radius 1 is 0.481 bits per heavy atom. The SMILES string of the molecule is C1=Cc2c(n(-c3ccc4c(c3)c3ccccc3n4-c3nc(-n4c5ccccc5c5ccccc54)cc4c3oc3ccccc34)c3ccccc23)CC1. The molecule has 6 aromatic carbocycles. The van der Waals surface area contributed by atoms with Crippen LogP contribution >= 0.6 is 0 Å². The lowest BCUT2D eigenvalue weighted by atomic mass is 10.0. The number of hydrogen-bond donors (Lipinski definition) is 0. The largest absolute Gasteiger partial charge is 0.452 e. The standard InChI is InChI=1S/C47H30N4O/c1-7-19-38-30(13-1)31-14-2-8-20-39(31)49(38)29-25-26-43-36(27-29)34-17-5-11-23-42(34)51(43)47-46-37(35-18-6-12-24-44(35)52-46)28-45(48-47)50-40-21-9-3-15-32(40)33-16-4-10-22-41(33)50/h1-7,9-19,21-28H,8,20H2. The van der Waals surface area contributed by atoms with Crippen LogP contribution in [-0.4, -0.2) is 18.7 Å². The number of para-hydroxylation sites is 5. The Morgan fingerprint density at radius 3 is 1.79 bits per heavy atom. The van der Waals surface area contributed by atoms with E-state index in [1.807, 2.05) is 6.07 Å². The maximum absolute atomic E-state index is 6.74. The molecule has 12 rings (SSSR count). The smallest absolute Gasteiger partial charge is 0.183 e. The van der Waals surface area contributed by atoms with Gasteiger partial charge in [0.15, 0.2) is 11.4 Å². The molecule has 0 saturated heterocycles. The van der Waals surface area contributed by atoms with Crippen LogP contribution < -0.4 is 0 Å². The molecule has 1 aliphatic carbocycles. The lowest BCUT2D eigenvalue weighted by Crippen LogP contribution is -2.04. The quantitative estimate of drug-likeness (QED) is 0.188. The van der Waals surface area contributed by atoms with Gasteiger partial charge < -0.3 is 8.98 Å². The third kappa shape index (κ3) is 3.69. The van der Waals surface area contributed by atoms with Crippen molar-refractivity contribution in [3.05, 3.63) is 163 Å². The molecule has 0 N–H and O–H groups in total. The number of fused-ring (bicyclic) bond motifs is 12. The summed E-state index contributed by atoms with van der Waals surface area (Å²) in [6.07, 6.45) is 6.67. The first-order valence-corrected chi connectivity index (χ1v) is 18.0. The average molecular weight is 667 g/mol. The molecule has 0 atom stereocenters. The van der Waals surface area contributed by atoms with E-state index >= 15 is 0 Å². The van der Waals surface area contributed by atoms with Gasteiger partial charge in [0.05, 0.1) is 27.6 Å². The Labute approximate surface area is 297 Å².